The Balaban J connectivity index is 1.22. The molecule has 3 N–H and O–H groups in total. The van der Waals surface area contributed by atoms with Crippen LogP contribution in [0.4, 0.5) is 0 Å². The number of carbonyl (C=O) groups excluding carboxylic acids is 2. The third-order valence-corrected chi connectivity index (χ3v) is 6.67. The second-order valence-corrected chi connectivity index (χ2v) is 8.57. The Kier molecular flexibility index (Phi) is 4.98. The van der Waals surface area contributed by atoms with Crippen molar-refractivity contribution >= 4 is 22.6 Å². The van der Waals surface area contributed by atoms with Gasteiger partial charge in [-0.15, -0.1) is 0 Å². The average molecular weight is 418 g/mol. The summed E-state index contributed by atoms with van der Waals surface area (Å²) in [6, 6.07) is 12.9. The van der Waals surface area contributed by atoms with Gasteiger partial charge in [0.1, 0.15) is 6.04 Å². The van der Waals surface area contributed by atoms with Crippen molar-refractivity contribution in [3.05, 3.63) is 65.7 Å². The van der Waals surface area contributed by atoms with Gasteiger partial charge < -0.3 is 20.5 Å². The van der Waals surface area contributed by atoms with Gasteiger partial charge in [0.05, 0.1) is 17.6 Å². The van der Waals surface area contributed by atoms with Crippen LogP contribution in [-0.4, -0.2) is 52.4 Å². The maximum Gasteiger partial charge on any atom is 0.251 e. The van der Waals surface area contributed by atoms with Crippen LogP contribution in [0.15, 0.2) is 48.8 Å². The fourth-order valence-electron chi connectivity index (χ4n) is 4.90. The quantitative estimate of drug-likeness (QED) is 0.610. The van der Waals surface area contributed by atoms with Crippen LogP contribution in [0, 0.1) is 0 Å². The van der Waals surface area contributed by atoms with Gasteiger partial charge in [-0.3, -0.25) is 9.59 Å². The van der Waals surface area contributed by atoms with E-state index >= 15 is 0 Å². The SMILES string of the molecule is C[C@@H](NC(=O)c1ccc2ccccc2c1)C(=O)N1CCC2(CC1)NCCc1[nH]cnc12. The lowest BCUT2D eigenvalue weighted by molar-refractivity contribution is -0.134. The number of piperidine rings is 1. The summed E-state index contributed by atoms with van der Waals surface area (Å²) in [6.45, 7) is 3.97. The molecule has 2 amide bonds. The monoisotopic (exact) mass is 417 g/mol. The van der Waals surface area contributed by atoms with Crippen LogP contribution in [0.5, 0.6) is 0 Å². The van der Waals surface area contributed by atoms with Crippen LogP contribution in [0.1, 0.15) is 41.5 Å². The van der Waals surface area contributed by atoms with E-state index in [0.29, 0.717) is 18.7 Å². The van der Waals surface area contributed by atoms with E-state index in [0.717, 1.165) is 42.3 Å². The number of H-pyrrole nitrogens is 1. The molecule has 1 aromatic heterocycles. The lowest BCUT2D eigenvalue weighted by atomic mass is 9.80. The summed E-state index contributed by atoms with van der Waals surface area (Å²) < 4.78 is 0. The van der Waals surface area contributed by atoms with Gasteiger partial charge >= 0.3 is 0 Å². The molecule has 31 heavy (non-hydrogen) atoms. The highest BCUT2D eigenvalue weighted by Gasteiger charge is 2.42. The Bertz CT molecular complexity index is 1130. The Morgan fingerprint density at radius 2 is 1.90 bits per heavy atom. The molecule has 0 saturated carbocycles. The third kappa shape index (κ3) is 3.59. The van der Waals surface area contributed by atoms with E-state index in [-0.39, 0.29) is 17.4 Å². The summed E-state index contributed by atoms with van der Waals surface area (Å²) in [5.41, 5.74) is 2.72. The van der Waals surface area contributed by atoms with Gasteiger partial charge in [-0.2, -0.15) is 0 Å². The first-order valence-electron chi connectivity index (χ1n) is 10.9. The van der Waals surface area contributed by atoms with Crippen LogP contribution in [-0.2, 0) is 16.8 Å². The van der Waals surface area contributed by atoms with Gasteiger partial charge in [0.15, 0.2) is 0 Å². The van der Waals surface area contributed by atoms with Crippen LogP contribution in [0.25, 0.3) is 10.8 Å². The lowest BCUT2D eigenvalue weighted by Crippen LogP contribution is -2.57. The van der Waals surface area contributed by atoms with Crippen molar-refractivity contribution in [3.8, 4) is 0 Å². The Hall–Kier alpha value is -3.19. The molecule has 160 valence electrons. The topological polar surface area (TPSA) is 90.1 Å². The smallest absolute Gasteiger partial charge is 0.251 e. The molecule has 1 atom stereocenters. The van der Waals surface area contributed by atoms with Gasteiger partial charge in [-0.05, 0) is 42.7 Å². The van der Waals surface area contributed by atoms with Crippen LogP contribution in [0.3, 0.4) is 0 Å². The predicted molar refractivity (Wildman–Crippen MR) is 119 cm³/mol. The number of likely N-dealkylation sites (tertiary alicyclic amines) is 1. The zero-order valence-electron chi connectivity index (χ0n) is 17.6. The van der Waals surface area contributed by atoms with Crippen LogP contribution in [0.2, 0.25) is 0 Å². The molecule has 3 aromatic rings. The lowest BCUT2D eigenvalue weighted by Gasteiger charge is -2.44. The Labute approximate surface area is 181 Å². The molecule has 0 aliphatic carbocycles. The molecule has 1 saturated heterocycles. The van der Waals surface area contributed by atoms with E-state index in [1.54, 1.807) is 19.3 Å². The van der Waals surface area contributed by atoms with Gasteiger partial charge in [0.25, 0.3) is 5.91 Å². The summed E-state index contributed by atoms with van der Waals surface area (Å²) >= 11 is 0. The number of nitrogens with zero attached hydrogens (tertiary/aromatic N) is 2. The fourth-order valence-corrected chi connectivity index (χ4v) is 4.90. The Morgan fingerprint density at radius 1 is 1.13 bits per heavy atom. The number of aromatic amines is 1. The summed E-state index contributed by atoms with van der Waals surface area (Å²) in [6.07, 6.45) is 4.36. The summed E-state index contributed by atoms with van der Waals surface area (Å²) in [7, 11) is 0. The van der Waals surface area contributed by atoms with Gasteiger partial charge in [0.2, 0.25) is 5.91 Å². The second-order valence-electron chi connectivity index (χ2n) is 8.57. The number of amides is 2. The van der Waals surface area contributed by atoms with E-state index < -0.39 is 6.04 Å². The molecule has 2 aliphatic rings. The largest absolute Gasteiger partial charge is 0.348 e. The van der Waals surface area contributed by atoms with E-state index in [2.05, 4.69) is 20.6 Å². The highest BCUT2D eigenvalue weighted by molar-refractivity contribution is 6.00. The van der Waals surface area contributed by atoms with Crippen molar-refractivity contribution in [3.63, 3.8) is 0 Å². The van der Waals surface area contributed by atoms with Crippen molar-refractivity contribution in [2.45, 2.75) is 37.8 Å². The molecule has 0 unspecified atom stereocenters. The predicted octanol–water partition coefficient (Wildman–Crippen LogP) is 2.34. The zero-order chi connectivity index (χ0) is 21.4. The highest BCUT2D eigenvalue weighted by atomic mass is 16.2. The fraction of sp³-hybridized carbons (Fsp3) is 0.375. The molecule has 7 heteroatoms. The molecule has 7 nitrogen and oxygen atoms in total. The van der Waals surface area contributed by atoms with Crippen molar-refractivity contribution < 1.29 is 9.59 Å². The second kappa shape index (κ2) is 7.81. The molecular formula is C24H27N5O2. The minimum Gasteiger partial charge on any atom is -0.348 e. The number of hydrogen-bond donors (Lipinski definition) is 3. The van der Waals surface area contributed by atoms with E-state index in [9.17, 15) is 9.59 Å². The molecular weight excluding hydrogens is 390 g/mol. The number of benzene rings is 2. The number of rotatable bonds is 3. The number of aromatic nitrogens is 2. The van der Waals surface area contributed by atoms with Gasteiger partial charge in [-0.25, -0.2) is 4.98 Å². The number of carbonyl (C=O) groups is 2. The van der Waals surface area contributed by atoms with Crippen molar-refractivity contribution in [1.82, 2.24) is 25.5 Å². The molecule has 2 aliphatic heterocycles. The minimum atomic E-state index is -0.576. The normalized spacial score (nSPS) is 18.5. The minimum absolute atomic E-state index is 0.0398. The first-order chi connectivity index (χ1) is 15.1. The molecule has 1 fully saturated rings. The van der Waals surface area contributed by atoms with E-state index in [1.165, 1.54) is 5.69 Å². The molecule has 3 heterocycles. The van der Waals surface area contributed by atoms with Crippen molar-refractivity contribution in [2.75, 3.05) is 19.6 Å². The summed E-state index contributed by atoms with van der Waals surface area (Å²) in [5, 5.41) is 8.61. The summed E-state index contributed by atoms with van der Waals surface area (Å²) in [4.78, 5) is 35.4. The molecule has 1 spiro atoms. The Morgan fingerprint density at radius 3 is 2.71 bits per heavy atom. The van der Waals surface area contributed by atoms with Crippen molar-refractivity contribution in [1.29, 1.82) is 0 Å². The third-order valence-electron chi connectivity index (χ3n) is 6.67. The number of nitrogens with one attached hydrogen (secondary N) is 3. The van der Waals surface area contributed by atoms with Gasteiger partial charge in [0, 0.05) is 37.3 Å². The number of imidazole rings is 1. The van der Waals surface area contributed by atoms with Gasteiger partial charge in [-0.1, -0.05) is 30.3 Å². The first kappa shape index (κ1) is 19.8. The maximum absolute atomic E-state index is 13.0. The molecule has 5 rings (SSSR count). The summed E-state index contributed by atoms with van der Waals surface area (Å²) in [5.74, 6) is -0.266. The number of hydrogen-bond acceptors (Lipinski definition) is 4. The first-order valence-corrected chi connectivity index (χ1v) is 10.9. The van der Waals surface area contributed by atoms with Crippen molar-refractivity contribution in [2.24, 2.45) is 0 Å². The van der Waals surface area contributed by atoms with E-state index in [4.69, 9.17) is 0 Å². The standard InChI is InChI=1S/C24H27N5O2/c1-16(28-22(30)19-7-6-17-4-2-3-5-18(17)14-19)23(31)29-12-9-24(10-13-29)21-20(8-11-27-24)25-15-26-21/h2-7,14-16,27H,8-13H2,1H3,(H,25,26)(H,28,30)/t16-/m1/s1. The molecule has 0 bridgehead atoms. The average Bonchev–Trinajstić information content (AvgIpc) is 3.29. The van der Waals surface area contributed by atoms with Crippen LogP contribution >= 0.6 is 0 Å². The molecule has 2 aromatic carbocycles. The molecule has 0 radical (unpaired) electrons. The van der Waals surface area contributed by atoms with Crippen LogP contribution < -0.4 is 10.6 Å². The number of fused-ring (bicyclic) bond motifs is 3. The maximum atomic E-state index is 13.0. The zero-order valence-corrected chi connectivity index (χ0v) is 17.6. The highest BCUT2D eigenvalue weighted by Crippen LogP contribution is 2.35. The van der Waals surface area contributed by atoms with E-state index in [1.807, 2.05) is 41.3 Å².